The zero-order valence-corrected chi connectivity index (χ0v) is 13.4. The average molecular weight is 355 g/mol. The maximum atomic E-state index is 12.1. The summed E-state index contributed by atoms with van der Waals surface area (Å²) in [4.78, 5) is 25.8. The van der Waals surface area contributed by atoms with Crippen molar-refractivity contribution in [2.75, 3.05) is 17.6 Å². The number of aliphatic carboxylic acids is 1. The number of benzene rings is 1. The Hall–Kier alpha value is -2.33. The van der Waals surface area contributed by atoms with E-state index in [1.54, 1.807) is 0 Å². The first-order chi connectivity index (χ1) is 10.9. The molecule has 0 radical (unpaired) electrons. The topological polar surface area (TPSA) is 125 Å². The largest absolute Gasteiger partial charge is 0.478 e. The zero-order chi connectivity index (χ0) is 16.9. The van der Waals surface area contributed by atoms with Crippen molar-refractivity contribution in [2.24, 2.45) is 4.99 Å². The molecular weight excluding hydrogens is 342 g/mol. The molecule has 0 saturated carbocycles. The highest BCUT2D eigenvalue weighted by molar-refractivity contribution is 8.15. The summed E-state index contributed by atoms with van der Waals surface area (Å²) in [6, 6.07) is 5.48. The first-order valence-corrected chi connectivity index (χ1v) is 8.86. The Balaban J connectivity index is 2.04. The fourth-order valence-corrected chi connectivity index (χ4v) is 3.65. The number of thioether (sulfide) groups is 1. The van der Waals surface area contributed by atoms with E-state index in [1.165, 1.54) is 36.0 Å². The summed E-state index contributed by atoms with van der Waals surface area (Å²) in [6.07, 6.45) is 1.57. The van der Waals surface area contributed by atoms with Crippen LogP contribution in [0.2, 0.25) is 0 Å². The summed E-state index contributed by atoms with van der Waals surface area (Å²) in [5, 5.41) is 11.2. The number of carboxylic acids is 1. The Bertz CT molecular complexity index is 769. The number of amidine groups is 1. The summed E-state index contributed by atoms with van der Waals surface area (Å²) in [5.41, 5.74) is 0.344. The normalized spacial score (nSPS) is 14.5. The van der Waals surface area contributed by atoms with Gasteiger partial charge in [0, 0.05) is 23.6 Å². The molecule has 10 heteroatoms. The SMILES string of the molecule is O=C(O)/C=C\C(=O)Nc1ccc(S(=O)(=O)NC2=NCCS2)cc1. The second-order valence-electron chi connectivity index (χ2n) is 4.33. The lowest BCUT2D eigenvalue weighted by Gasteiger charge is -2.08. The van der Waals surface area contributed by atoms with Crippen LogP contribution in [-0.4, -0.2) is 42.9 Å². The number of amides is 1. The van der Waals surface area contributed by atoms with Gasteiger partial charge in [-0.1, -0.05) is 11.8 Å². The molecule has 0 aliphatic carbocycles. The third-order valence-electron chi connectivity index (χ3n) is 2.62. The highest BCUT2D eigenvalue weighted by atomic mass is 32.2. The number of hydrogen-bond acceptors (Lipinski definition) is 6. The predicted octanol–water partition coefficient (Wildman–Crippen LogP) is 0.647. The van der Waals surface area contributed by atoms with E-state index < -0.39 is 21.9 Å². The number of carbonyl (C=O) groups excluding carboxylic acids is 1. The van der Waals surface area contributed by atoms with Crippen molar-refractivity contribution in [3.8, 4) is 0 Å². The molecule has 1 aliphatic rings. The minimum Gasteiger partial charge on any atom is -0.478 e. The van der Waals surface area contributed by atoms with E-state index in [1.807, 2.05) is 0 Å². The van der Waals surface area contributed by atoms with Gasteiger partial charge >= 0.3 is 5.97 Å². The molecular formula is C13H13N3O5S2. The number of hydrogen-bond donors (Lipinski definition) is 3. The van der Waals surface area contributed by atoms with Crippen LogP contribution in [-0.2, 0) is 19.6 Å². The molecule has 23 heavy (non-hydrogen) atoms. The number of nitrogens with one attached hydrogen (secondary N) is 2. The van der Waals surface area contributed by atoms with E-state index in [-0.39, 0.29) is 4.90 Å². The molecule has 0 bridgehead atoms. The number of aliphatic imine (C=N–C) groups is 1. The molecule has 1 heterocycles. The highest BCUT2D eigenvalue weighted by Crippen LogP contribution is 2.16. The third kappa shape index (κ3) is 5.11. The highest BCUT2D eigenvalue weighted by Gasteiger charge is 2.18. The Labute approximate surface area is 136 Å². The van der Waals surface area contributed by atoms with Gasteiger partial charge in [-0.05, 0) is 24.3 Å². The molecule has 0 atom stereocenters. The minimum absolute atomic E-state index is 0.0341. The fraction of sp³-hybridized carbons (Fsp3) is 0.154. The van der Waals surface area contributed by atoms with Crippen LogP contribution in [0.25, 0.3) is 0 Å². The maximum Gasteiger partial charge on any atom is 0.328 e. The summed E-state index contributed by atoms with van der Waals surface area (Å²) in [5.74, 6) is -1.12. The number of anilines is 1. The van der Waals surface area contributed by atoms with Crippen molar-refractivity contribution < 1.29 is 23.1 Å². The van der Waals surface area contributed by atoms with Gasteiger partial charge in [0.05, 0.1) is 11.4 Å². The molecule has 1 aromatic carbocycles. The molecule has 0 aromatic heterocycles. The van der Waals surface area contributed by atoms with Gasteiger partial charge in [-0.2, -0.15) is 0 Å². The van der Waals surface area contributed by atoms with Crippen molar-refractivity contribution >= 4 is 44.5 Å². The van der Waals surface area contributed by atoms with Crippen molar-refractivity contribution in [3.05, 3.63) is 36.4 Å². The first kappa shape index (κ1) is 17.0. The zero-order valence-electron chi connectivity index (χ0n) is 11.7. The van der Waals surface area contributed by atoms with Gasteiger partial charge in [0.15, 0.2) is 5.17 Å². The van der Waals surface area contributed by atoms with Crippen LogP contribution < -0.4 is 10.0 Å². The van der Waals surface area contributed by atoms with Gasteiger partial charge in [0.2, 0.25) is 5.91 Å². The van der Waals surface area contributed by atoms with Crippen LogP contribution in [0.4, 0.5) is 5.69 Å². The summed E-state index contributed by atoms with van der Waals surface area (Å²) in [7, 11) is -3.72. The summed E-state index contributed by atoms with van der Waals surface area (Å²) < 4.78 is 26.6. The Kier molecular flexibility index (Phi) is 5.40. The molecule has 2 rings (SSSR count). The number of rotatable bonds is 5. The standard InChI is InChI=1S/C13H13N3O5S2/c17-11(5-6-12(18)19)15-9-1-3-10(4-2-9)23(20,21)16-13-14-7-8-22-13/h1-6H,7-8H2,(H,14,16)(H,15,17)(H,18,19)/b6-5-. The fourth-order valence-electron chi connectivity index (χ4n) is 1.62. The first-order valence-electron chi connectivity index (χ1n) is 6.39. The van der Waals surface area contributed by atoms with Crippen LogP contribution in [0.5, 0.6) is 0 Å². The molecule has 0 unspecified atom stereocenters. The van der Waals surface area contributed by atoms with E-state index >= 15 is 0 Å². The summed E-state index contributed by atoms with van der Waals surface area (Å²) >= 11 is 1.33. The number of sulfonamides is 1. The van der Waals surface area contributed by atoms with E-state index in [0.29, 0.717) is 23.5 Å². The second kappa shape index (κ2) is 7.29. The van der Waals surface area contributed by atoms with Crippen LogP contribution in [0.1, 0.15) is 0 Å². The monoisotopic (exact) mass is 355 g/mol. The number of carbonyl (C=O) groups is 2. The van der Waals surface area contributed by atoms with Crippen LogP contribution in [0.3, 0.4) is 0 Å². The Morgan fingerprint density at radius 2 is 1.91 bits per heavy atom. The van der Waals surface area contributed by atoms with Gasteiger partial charge in [-0.3, -0.25) is 14.5 Å². The van der Waals surface area contributed by atoms with Crippen molar-refractivity contribution in [1.82, 2.24) is 4.72 Å². The lowest BCUT2D eigenvalue weighted by Crippen LogP contribution is -2.27. The van der Waals surface area contributed by atoms with Crippen LogP contribution in [0, 0.1) is 0 Å². The molecule has 0 spiro atoms. The van der Waals surface area contributed by atoms with Crippen molar-refractivity contribution in [3.63, 3.8) is 0 Å². The Morgan fingerprint density at radius 1 is 1.22 bits per heavy atom. The van der Waals surface area contributed by atoms with Gasteiger partial charge in [0.25, 0.3) is 10.0 Å². The van der Waals surface area contributed by atoms with Crippen molar-refractivity contribution in [1.29, 1.82) is 0 Å². The quantitative estimate of drug-likeness (QED) is 0.666. The lowest BCUT2D eigenvalue weighted by atomic mass is 10.3. The van der Waals surface area contributed by atoms with E-state index in [4.69, 9.17) is 5.11 Å². The number of nitrogens with zero attached hydrogens (tertiary/aromatic N) is 1. The van der Waals surface area contributed by atoms with Crippen molar-refractivity contribution in [2.45, 2.75) is 4.90 Å². The van der Waals surface area contributed by atoms with Gasteiger partial charge < -0.3 is 10.4 Å². The van der Waals surface area contributed by atoms with E-state index in [2.05, 4.69) is 15.0 Å². The van der Waals surface area contributed by atoms with Crippen LogP contribution in [0.15, 0.2) is 46.3 Å². The Morgan fingerprint density at radius 3 is 2.48 bits per heavy atom. The smallest absolute Gasteiger partial charge is 0.328 e. The minimum atomic E-state index is -3.72. The van der Waals surface area contributed by atoms with E-state index in [0.717, 1.165) is 11.8 Å². The molecule has 1 amide bonds. The van der Waals surface area contributed by atoms with E-state index in [9.17, 15) is 18.0 Å². The lowest BCUT2D eigenvalue weighted by molar-refractivity contribution is -0.131. The molecule has 8 nitrogen and oxygen atoms in total. The number of carboxylic acid groups (broad SMARTS) is 1. The predicted molar refractivity (Wildman–Crippen MR) is 86.9 cm³/mol. The van der Waals surface area contributed by atoms with Gasteiger partial charge in [-0.25, -0.2) is 13.2 Å². The average Bonchev–Trinajstić information content (AvgIpc) is 2.98. The van der Waals surface area contributed by atoms with Gasteiger partial charge in [-0.15, -0.1) is 0 Å². The van der Waals surface area contributed by atoms with Crippen LogP contribution >= 0.6 is 11.8 Å². The maximum absolute atomic E-state index is 12.1. The third-order valence-corrected chi connectivity index (χ3v) is 4.99. The summed E-state index contributed by atoms with van der Waals surface area (Å²) in [6.45, 7) is 0.581. The molecule has 3 N–H and O–H groups in total. The molecule has 0 fully saturated rings. The molecule has 1 aromatic rings. The molecule has 122 valence electrons. The molecule has 0 saturated heterocycles. The molecule has 1 aliphatic heterocycles. The van der Waals surface area contributed by atoms with Gasteiger partial charge in [0.1, 0.15) is 0 Å². The second-order valence-corrected chi connectivity index (χ2v) is 7.09.